The molecule has 0 saturated heterocycles. The van der Waals surface area contributed by atoms with Gasteiger partial charge in [0.1, 0.15) is 0 Å². The summed E-state index contributed by atoms with van der Waals surface area (Å²) >= 11 is 1.68. The number of aliphatic carboxylic acids is 1. The van der Waals surface area contributed by atoms with Crippen molar-refractivity contribution in [2.45, 2.75) is 42.9 Å². The molecule has 0 aliphatic heterocycles. The minimum atomic E-state index is -0.682. The summed E-state index contributed by atoms with van der Waals surface area (Å²) in [4.78, 5) is 12.6. The number of carboxylic acids is 1. The summed E-state index contributed by atoms with van der Waals surface area (Å²) in [5, 5.41) is 9.41. The van der Waals surface area contributed by atoms with E-state index in [-0.39, 0.29) is 5.92 Å². The Morgan fingerprint density at radius 2 is 1.94 bits per heavy atom. The molecule has 2 rings (SSSR count). The van der Waals surface area contributed by atoms with Gasteiger partial charge in [-0.3, -0.25) is 4.79 Å². The van der Waals surface area contributed by atoms with Crippen molar-refractivity contribution in [3.8, 4) is 0 Å². The van der Waals surface area contributed by atoms with E-state index in [1.54, 1.807) is 11.8 Å². The van der Waals surface area contributed by atoms with Gasteiger partial charge in [0.15, 0.2) is 0 Å². The minimum absolute atomic E-state index is 0.330. The van der Waals surface area contributed by atoms with Crippen molar-refractivity contribution < 1.29 is 9.90 Å². The predicted octanol–water partition coefficient (Wildman–Crippen LogP) is 4.16. The molecule has 1 atom stereocenters. The van der Waals surface area contributed by atoms with E-state index in [9.17, 15) is 9.90 Å². The van der Waals surface area contributed by atoms with Gasteiger partial charge in [-0.15, -0.1) is 11.8 Å². The van der Waals surface area contributed by atoms with Crippen LogP contribution in [0.2, 0.25) is 0 Å². The first-order chi connectivity index (χ1) is 8.70. The van der Waals surface area contributed by atoms with Crippen molar-refractivity contribution in [1.29, 1.82) is 0 Å². The van der Waals surface area contributed by atoms with E-state index >= 15 is 0 Å². The summed E-state index contributed by atoms with van der Waals surface area (Å²) in [6.07, 6.45) is 7.76. The van der Waals surface area contributed by atoms with E-state index in [1.807, 2.05) is 30.5 Å². The van der Waals surface area contributed by atoms with Gasteiger partial charge < -0.3 is 5.11 Å². The van der Waals surface area contributed by atoms with Gasteiger partial charge in [-0.05, 0) is 36.3 Å². The fraction of sp³-hybridized carbons (Fsp3) is 0.533. The molecule has 3 heteroatoms. The van der Waals surface area contributed by atoms with Crippen LogP contribution in [0.3, 0.4) is 0 Å². The molecule has 2 nitrogen and oxygen atoms in total. The number of benzene rings is 1. The van der Waals surface area contributed by atoms with Gasteiger partial charge in [0.05, 0.1) is 5.92 Å². The molecule has 1 aromatic carbocycles. The van der Waals surface area contributed by atoms with Gasteiger partial charge in [-0.1, -0.05) is 37.8 Å². The molecule has 1 saturated carbocycles. The highest BCUT2D eigenvalue weighted by atomic mass is 32.2. The Balaban J connectivity index is 2.10. The third-order valence-electron chi connectivity index (χ3n) is 3.86. The number of hydrogen-bond donors (Lipinski definition) is 1. The van der Waals surface area contributed by atoms with Gasteiger partial charge in [0.25, 0.3) is 0 Å². The first-order valence-corrected chi connectivity index (χ1v) is 7.80. The average Bonchev–Trinajstić information content (AvgIpc) is 2.89. The fourth-order valence-electron chi connectivity index (χ4n) is 2.80. The van der Waals surface area contributed by atoms with E-state index in [0.29, 0.717) is 5.92 Å². The summed E-state index contributed by atoms with van der Waals surface area (Å²) in [5.74, 6) is -0.408. The largest absolute Gasteiger partial charge is 0.481 e. The maximum absolute atomic E-state index is 11.4. The molecule has 1 N–H and O–H groups in total. The maximum atomic E-state index is 11.4. The highest BCUT2D eigenvalue weighted by Gasteiger charge is 2.26. The fourth-order valence-corrected chi connectivity index (χ4v) is 3.20. The predicted molar refractivity (Wildman–Crippen MR) is 75.2 cm³/mol. The Kier molecular flexibility index (Phi) is 4.70. The van der Waals surface area contributed by atoms with Crippen LogP contribution in [0.5, 0.6) is 0 Å². The van der Waals surface area contributed by atoms with E-state index < -0.39 is 5.97 Å². The molecular weight excluding hydrogens is 244 g/mol. The summed E-state index contributed by atoms with van der Waals surface area (Å²) in [6, 6.07) is 7.98. The van der Waals surface area contributed by atoms with Crippen LogP contribution in [0.25, 0.3) is 0 Å². The van der Waals surface area contributed by atoms with Gasteiger partial charge >= 0.3 is 5.97 Å². The molecule has 1 aromatic rings. The van der Waals surface area contributed by atoms with Crippen LogP contribution < -0.4 is 0 Å². The van der Waals surface area contributed by atoms with Crippen LogP contribution in [0.4, 0.5) is 0 Å². The molecular formula is C15H20O2S. The quantitative estimate of drug-likeness (QED) is 0.811. The van der Waals surface area contributed by atoms with E-state index in [2.05, 4.69) is 0 Å². The Bertz CT molecular complexity index is 393. The lowest BCUT2D eigenvalue weighted by Gasteiger charge is -2.17. The molecule has 0 unspecified atom stereocenters. The van der Waals surface area contributed by atoms with Gasteiger partial charge in [-0.2, -0.15) is 0 Å². The van der Waals surface area contributed by atoms with Crippen molar-refractivity contribution in [2.24, 2.45) is 5.92 Å². The lowest BCUT2D eigenvalue weighted by Crippen LogP contribution is -2.15. The van der Waals surface area contributed by atoms with E-state index in [1.165, 1.54) is 30.6 Å². The van der Waals surface area contributed by atoms with Gasteiger partial charge in [0, 0.05) is 4.90 Å². The molecule has 0 amide bonds. The standard InChI is InChI=1S/C15H20O2S/c1-18-13-8-6-12(7-9-13)14(15(16)17)10-11-4-2-3-5-11/h6-9,11,14H,2-5,10H2,1H3,(H,16,17)/t14-/m1/s1. The van der Waals surface area contributed by atoms with Crippen LogP contribution in [-0.4, -0.2) is 17.3 Å². The van der Waals surface area contributed by atoms with Crippen molar-refractivity contribution in [1.82, 2.24) is 0 Å². The van der Waals surface area contributed by atoms with Crippen LogP contribution in [0.1, 0.15) is 43.6 Å². The van der Waals surface area contributed by atoms with E-state index in [0.717, 1.165) is 12.0 Å². The second-order valence-corrected chi connectivity index (χ2v) is 5.93. The Hall–Kier alpha value is -0.960. The van der Waals surface area contributed by atoms with Crippen LogP contribution in [-0.2, 0) is 4.79 Å². The van der Waals surface area contributed by atoms with E-state index in [4.69, 9.17) is 0 Å². The average molecular weight is 264 g/mol. The van der Waals surface area contributed by atoms with Crippen molar-refractivity contribution in [3.63, 3.8) is 0 Å². The van der Waals surface area contributed by atoms with Gasteiger partial charge in [0.2, 0.25) is 0 Å². The summed E-state index contributed by atoms with van der Waals surface area (Å²) in [5.41, 5.74) is 0.951. The number of hydrogen-bond acceptors (Lipinski definition) is 2. The molecule has 0 aromatic heterocycles. The number of carboxylic acid groups (broad SMARTS) is 1. The number of rotatable bonds is 5. The Labute approximate surface area is 113 Å². The third kappa shape index (κ3) is 3.29. The second kappa shape index (κ2) is 6.28. The zero-order chi connectivity index (χ0) is 13.0. The molecule has 1 aliphatic rings. The topological polar surface area (TPSA) is 37.3 Å². The Morgan fingerprint density at radius 1 is 1.33 bits per heavy atom. The molecule has 18 heavy (non-hydrogen) atoms. The lowest BCUT2D eigenvalue weighted by atomic mass is 9.88. The highest BCUT2D eigenvalue weighted by Crippen LogP contribution is 2.34. The molecule has 1 aliphatic carbocycles. The lowest BCUT2D eigenvalue weighted by molar-refractivity contribution is -0.139. The molecule has 1 fully saturated rings. The van der Waals surface area contributed by atoms with Crippen molar-refractivity contribution in [3.05, 3.63) is 29.8 Å². The summed E-state index contributed by atoms with van der Waals surface area (Å²) in [7, 11) is 0. The smallest absolute Gasteiger partial charge is 0.310 e. The van der Waals surface area contributed by atoms with Crippen LogP contribution in [0.15, 0.2) is 29.2 Å². The summed E-state index contributed by atoms with van der Waals surface area (Å²) < 4.78 is 0. The summed E-state index contributed by atoms with van der Waals surface area (Å²) in [6.45, 7) is 0. The minimum Gasteiger partial charge on any atom is -0.481 e. The third-order valence-corrected chi connectivity index (χ3v) is 4.60. The normalized spacial score (nSPS) is 17.8. The zero-order valence-electron chi connectivity index (χ0n) is 10.8. The molecule has 0 heterocycles. The maximum Gasteiger partial charge on any atom is 0.310 e. The first kappa shape index (κ1) is 13.5. The Morgan fingerprint density at radius 3 is 2.44 bits per heavy atom. The molecule has 0 bridgehead atoms. The van der Waals surface area contributed by atoms with Crippen molar-refractivity contribution >= 4 is 17.7 Å². The molecule has 0 radical (unpaired) electrons. The number of carbonyl (C=O) groups is 1. The van der Waals surface area contributed by atoms with Gasteiger partial charge in [-0.25, -0.2) is 0 Å². The monoisotopic (exact) mass is 264 g/mol. The molecule has 0 spiro atoms. The SMILES string of the molecule is CSc1ccc([C@@H](CC2CCCC2)C(=O)O)cc1. The van der Waals surface area contributed by atoms with Crippen LogP contribution >= 0.6 is 11.8 Å². The second-order valence-electron chi connectivity index (χ2n) is 5.05. The highest BCUT2D eigenvalue weighted by molar-refractivity contribution is 7.98. The zero-order valence-corrected chi connectivity index (χ0v) is 11.6. The van der Waals surface area contributed by atoms with Crippen molar-refractivity contribution in [2.75, 3.05) is 6.26 Å². The van der Waals surface area contributed by atoms with Crippen LogP contribution in [0, 0.1) is 5.92 Å². The molecule has 98 valence electrons. The first-order valence-electron chi connectivity index (χ1n) is 6.57. The number of thioether (sulfide) groups is 1.